The van der Waals surface area contributed by atoms with E-state index in [2.05, 4.69) is 5.32 Å². The van der Waals surface area contributed by atoms with Crippen LogP contribution in [0.5, 0.6) is 0 Å². The molecule has 0 fully saturated rings. The Kier molecular flexibility index (Phi) is 10.5. The minimum Gasteiger partial charge on any atom is -0.352 e. The van der Waals surface area contributed by atoms with Crippen molar-refractivity contribution in [1.29, 1.82) is 0 Å². The molecule has 0 radical (unpaired) electrons. The second kappa shape index (κ2) is 13.6. The predicted octanol–water partition coefficient (Wildman–Crippen LogP) is 4.76. The summed E-state index contributed by atoms with van der Waals surface area (Å²) < 4.78 is 40.8. The minimum absolute atomic E-state index is 0.00506. The monoisotopic (exact) mass is 567 g/mol. The summed E-state index contributed by atoms with van der Waals surface area (Å²) in [5.41, 5.74) is 3.31. The van der Waals surface area contributed by atoms with Crippen molar-refractivity contribution in [3.63, 3.8) is 0 Å². The van der Waals surface area contributed by atoms with Crippen LogP contribution in [-0.4, -0.2) is 50.0 Å². The first-order valence-corrected chi connectivity index (χ1v) is 15.2. The van der Waals surface area contributed by atoms with Crippen molar-refractivity contribution in [3.8, 4) is 0 Å². The number of nitrogens with zero attached hydrogens (tertiary/aromatic N) is 2. The first kappa shape index (κ1) is 30.8. The summed E-state index contributed by atoms with van der Waals surface area (Å²) in [5.74, 6) is -1.31. The molecular formula is C31H38FN3O4S. The van der Waals surface area contributed by atoms with Crippen molar-refractivity contribution in [2.45, 2.75) is 59.2 Å². The lowest BCUT2D eigenvalue weighted by atomic mass is 10.0. The largest absolute Gasteiger partial charge is 0.352 e. The summed E-state index contributed by atoms with van der Waals surface area (Å²) >= 11 is 0. The molecular weight excluding hydrogens is 529 g/mol. The average molecular weight is 568 g/mol. The molecule has 0 aromatic heterocycles. The van der Waals surface area contributed by atoms with Gasteiger partial charge in [-0.25, -0.2) is 12.8 Å². The summed E-state index contributed by atoms with van der Waals surface area (Å²) in [6.45, 7) is 6.92. The zero-order valence-electron chi connectivity index (χ0n) is 23.7. The van der Waals surface area contributed by atoms with Crippen LogP contribution in [0.3, 0.4) is 0 Å². The number of rotatable bonds is 12. The fraction of sp³-hybridized carbons (Fsp3) is 0.355. The van der Waals surface area contributed by atoms with Gasteiger partial charge in [-0.15, -0.1) is 0 Å². The molecule has 0 aliphatic heterocycles. The van der Waals surface area contributed by atoms with Gasteiger partial charge in [-0.05, 0) is 61.6 Å². The van der Waals surface area contributed by atoms with Crippen LogP contribution in [0, 0.1) is 19.7 Å². The van der Waals surface area contributed by atoms with E-state index in [9.17, 15) is 22.4 Å². The van der Waals surface area contributed by atoms with E-state index in [1.807, 2.05) is 50.2 Å². The van der Waals surface area contributed by atoms with Crippen molar-refractivity contribution < 1.29 is 22.4 Å². The summed E-state index contributed by atoms with van der Waals surface area (Å²) in [4.78, 5) is 29.2. The van der Waals surface area contributed by atoms with E-state index in [1.165, 1.54) is 17.0 Å². The number of anilines is 1. The van der Waals surface area contributed by atoms with Crippen molar-refractivity contribution in [2.75, 3.05) is 17.1 Å². The van der Waals surface area contributed by atoms with E-state index < -0.39 is 34.3 Å². The van der Waals surface area contributed by atoms with E-state index >= 15 is 0 Å². The third-order valence-corrected chi connectivity index (χ3v) is 8.02. The third-order valence-electron chi connectivity index (χ3n) is 6.91. The number of nitrogens with one attached hydrogen (secondary N) is 1. The SMILES string of the molecule is CCC(C)NC(=O)C(Cc1ccccc1)N(Cc1ccc(F)cc1)C(=O)CN(c1c(C)cccc1C)S(C)(=O)=O. The average Bonchev–Trinajstić information content (AvgIpc) is 2.90. The Morgan fingerprint density at radius 1 is 0.900 bits per heavy atom. The Morgan fingerprint density at radius 2 is 1.50 bits per heavy atom. The molecule has 0 heterocycles. The van der Waals surface area contributed by atoms with Crippen LogP contribution in [0.1, 0.15) is 42.5 Å². The molecule has 3 aromatic carbocycles. The number of hydrogen-bond donors (Lipinski definition) is 1. The van der Waals surface area contributed by atoms with Crippen molar-refractivity contribution in [2.24, 2.45) is 0 Å². The van der Waals surface area contributed by atoms with Crippen LogP contribution in [0.15, 0.2) is 72.8 Å². The zero-order chi connectivity index (χ0) is 29.4. The van der Waals surface area contributed by atoms with Gasteiger partial charge >= 0.3 is 0 Å². The van der Waals surface area contributed by atoms with Crippen LogP contribution in [0.25, 0.3) is 0 Å². The molecule has 0 bridgehead atoms. The van der Waals surface area contributed by atoms with Crippen LogP contribution >= 0.6 is 0 Å². The number of carbonyl (C=O) groups excluding carboxylic acids is 2. The summed E-state index contributed by atoms with van der Waals surface area (Å²) in [6, 6.07) is 19.4. The van der Waals surface area contributed by atoms with Crippen LogP contribution in [0.4, 0.5) is 10.1 Å². The molecule has 0 spiro atoms. The molecule has 0 saturated heterocycles. The van der Waals surface area contributed by atoms with Gasteiger partial charge in [0.15, 0.2) is 0 Å². The summed E-state index contributed by atoms with van der Waals surface area (Å²) in [7, 11) is -3.86. The lowest BCUT2D eigenvalue weighted by Gasteiger charge is -2.34. The molecule has 214 valence electrons. The zero-order valence-corrected chi connectivity index (χ0v) is 24.5. The molecule has 9 heteroatoms. The van der Waals surface area contributed by atoms with Gasteiger partial charge < -0.3 is 10.2 Å². The lowest BCUT2D eigenvalue weighted by Crippen LogP contribution is -2.54. The van der Waals surface area contributed by atoms with Gasteiger partial charge in [0.05, 0.1) is 11.9 Å². The third kappa shape index (κ3) is 8.14. The molecule has 3 aromatic rings. The number of hydrogen-bond acceptors (Lipinski definition) is 4. The molecule has 7 nitrogen and oxygen atoms in total. The highest BCUT2D eigenvalue weighted by atomic mass is 32.2. The number of halogens is 1. The highest BCUT2D eigenvalue weighted by Gasteiger charge is 2.34. The maximum atomic E-state index is 14.1. The molecule has 2 unspecified atom stereocenters. The maximum absolute atomic E-state index is 14.1. The van der Waals surface area contributed by atoms with Gasteiger partial charge in [-0.2, -0.15) is 0 Å². The number of para-hydroxylation sites is 1. The summed E-state index contributed by atoms with van der Waals surface area (Å²) in [5, 5.41) is 2.99. The maximum Gasteiger partial charge on any atom is 0.244 e. The molecule has 0 aliphatic rings. The van der Waals surface area contributed by atoms with E-state index in [-0.39, 0.29) is 24.9 Å². The van der Waals surface area contributed by atoms with Crippen LogP contribution in [0.2, 0.25) is 0 Å². The van der Waals surface area contributed by atoms with E-state index in [4.69, 9.17) is 0 Å². The minimum atomic E-state index is -3.86. The van der Waals surface area contributed by atoms with Gasteiger partial charge in [0.25, 0.3) is 0 Å². The standard InChI is InChI=1S/C31H38FN3O4S/c1-6-24(4)33-31(37)28(19-25-13-8-7-9-14-25)34(20-26-15-17-27(32)18-16-26)29(36)21-35(40(5,38)39)30-22(2)11-10-12-23(30)3/h7-18,24,28H,6,19-21H2,1-5H3,(H,33,37). The van der Waals surface area contributed by atoms with E-state index in [0.717, 1.165) is 16.1 Å². The second-order valence-corrected chi connectivity index (χ2v) is 12.1. The van der Waals surface area contributed by atoms with Crippen LogP contribution < -0.4 is 9.62 Å². The van der Waals surface area contributed by atoms with Crippen molar-refractivity contribution in [3.05, 3.63) is 101 Å². The summed E-state index contributed by atoms with van der Waals surface area (Å²) in [6.07, 6.45) is 1.98. The van der Waals surface area contributed by atoms with Gasteiger partial charge in [0.1, 0.15) is 18.4 Å². The molecule has 0 aliphatic carbocycles. The van der Waals surface area contributed by atoms with Gasteiger partial charge in [0, 0.05) is 19.0 Å². The van der Waals surface area contributed by atoms with Gasteiger partial charge in [0.2, 0.25) is 21.8 Å². The Bertz CT molecular complexity index is 1390. The number of sulfonamides is 1. The smallest absolute Gasteiger partial charge is 0.244 e. The Labute approximate surface area is 237 Å². The quantitative estimate of drug-likeness (QED) is 0.342. The lowest BCUT2D eigenvalue weighted by molar-refractivity contribution is -0.140. The fourth-order valence-corrected chi connectivity index (χ4v) is 5.52. The van der Waals surface area contributed by atoms with Crippen molar-refractivity contribution >= 4 is 27.5 Å². The van der Waals surface area contributed by atoms with Crippen molar-refractivity contribution in [1.82, 2.24) is 10.2 Å². The van der Waals surface area contributed by atoms with Gasteiger partial charge in [-0.1, -0.05) is 67.6 Å². The first-order chi connectivity index (χ1) is 18.9. The number of carbonyl (C=O) groups is 2. The topological polar surface area (TPSA) is 86.8 Å². The van der Waals surface area contributed by atoms with Gasteiger partial charge in [-0.3, -0.25) is 13.9 Å². The number of amides is 2. The first-order valence-electron chi connectivity index (χ1n) is 13.3. The highest BCUT2D eigenvalue weighted by Crippen LogP contribution is 2.27. The molecule has 2 atom stereocenters. The molecule has 0 saturated carbocycles. The normalized spacial score (nSPS) is 12.8. The molecule has 1 N–H and O–H groups in total. The van der Waals surface area contributed by atoms with Crippen LogP contribution in [-0.2, 0) is 32.6 Å². The Balaban J connectivity index is 2.09. The molecule has 40 heavy (non-hydrogen) atoms. The number of benzene rings is 3. The fourth-order valence-electron chi connectivity index (χ4n) is 4.56. The number of aryl methyl sites for hydroxylation is 2. The Hall–Kier alpha value is -3.72. The molecule has 2 amide bonds. The van der Waals surface area contributed by atoms with E-state index in [1.54, 1.807) is 38.1 Å². The molecule has 3 rings (SSSR count). The second-order valence-electron chi connectivity index (χ2n) is 10.2. The highest BCUT2D eigenvalue weighted by molar-refractivity contribution is 7.92. The van der Waals surface area contributed by atoms with E-state index in [0.29, 0.717) is 28.8 Å². The predicted molar refractivity (Wildman–Crippen MR) is 157 cm³/mol. The Morgan fingerprint density at radius 3 is 2.05 bits per heavy atom.